The van der Waals surface area contributed by atoms with Gasteiger partial charge < -0.3 is 5.32 Å². The normalized spacial score (nSPS) is 11.5. The molecule has 0 unspecified atom stereocenters. The van der Waals surface area contributed by atoms with E-state index in [-0.39, 0.29) is 4.90 Å². The third-order valence-electron chi connectivity index (χ3n) is 3.42. The molecule has 1 aromatic carbocycles. The van der Waals surface area contributed by atoms with Crippen LogP contribution in [0, 0.1) is 0 Å². The number of halogens is 1. The van der Waals surface area contributed by atoms with Gasteiger partial charge in [-0.2, -0.15) is 4.31 Å². The molecule has 0 aliphatic heterocycles. The number of nitrogens with one attached hydrogen (secondary N) is 1. The molecule has 0 spiro atoms. The number of sulfonamides is 1. The summed E-state index contributed by atoms with van der Waals surface area (Å²) < 4.78 is 26.4. The van der Waals surface area contributed by atoms with Crippen LogP contribution in [0.3, 0.4) is 0 Å². The molecule has 2 rings (SSSR count). The molecular formula is C16H18ClN3O3S. The van der Waals surface area contributed by atoms with E-state index in [9.17, 15) is 13.2 Å². The highest BCUT2D eigenvalue weighted by atomic mass is 35.5. The fraction of sp³-hybridized carbons (Fsp3) is 0.250. The minimum absolute atomic E-state index is 0.137. The Morgan fingerprint density at radius 3 is 2.50 bits per heavy atom. The second-order valence-electron chi connectivity index (χ2n) is 4.94. The van der Waals surface area contributed by atoms with Gasteiger partial charge >= 0.3 is 0 Å². The monoisotopic (exact) mass is 367 g/mol. The van der Waals surface area contributed by atoms with Crippen molar-refractivity contribution in [3.8, 4) is 0 Å². The minimum atomic E-state index is -3.58. The third kappa shape index (κ3) is 4.11. The molecule has 0 saturated heterocycles. The Labute approximate surface area is 146 Å². The number of amides is 1. The molecule has 0 saturated carbocycles. The SMILES string of the molecule is CCN(CC)S(=O)(=O)c1cccc(NC(=O)c2ccc(Cl)nc2)c1. The van der Waals surface area contributed by atoms with Crippen molar-refractivity contribution in [3.05, 3.63) is 53.3 Å². The Kier molecular flexibility index (Phi) is 5.93. The molecule has 2 aromatic rings. The van der Waals surface area contributed by atoms with Crippen molar-refractivity contribution in [2.45, 2.75) is 18.7 Å². The molecule has 1 heterocycles. The Hall–Kier alpha value is -1.96. The van der Waals surface area contributed by atoms with Crippen LogP contribution in [-0.2, 0) is 10.0 Å². The van der Waals surface area contributed by atoms with Crippen molar-refractivity contribution >= 4 is 33.2 Å². The maximum atomic E-state index is 12.5. The maximum absolute atomic E-state index is 12.5. The van der Waals surface area contributed by atoms with Crippen LogP contribution in [0.15, 0.2) is 47.5 Å². The van der Waals surface area contributed by atoms with Crippen LogP contribution in [0.4, 0.5) is 5.69 Å². The number of carbonyl (C=O) groups is 1. The van der Waals surface area contributed by atoms with Crippen LogP contribution in [0.5, 0.6) is 0 Å². The van der Waals surface area contributed by atoms with E-state index in [0.717, 1.165) is 0 Å². The highest BCUT2D eigenvalue weighted by Gasteiger charge is 2.21. The second-order valence-corrected chi connectivity index (χ2v) is 7.27. The Morgan fingerprint density at radius 1 is 1.21 bits per heavy atom. The van der Waals surface area contributed by atoms with Crippen molar-refractivity contribution in [1.29, 1.82) is 0 Å². The minimum Gasteiger partial charge on any atom is -0.322 e. The lowest BCUT2D eigenvalue weighted by molar-refractivity contribution is 0.102. The summed E-state index contributed by atoms with van der Waals surface area (Å²) in [6.45, 7) is 4.32. The molecule has 1 amide bonds. The first-order valence-corrected chi connectivity index (χ1v) is 9.23. The molecule has 128 valence electrons. The average Bonchev–Trinajstić information content (AvgIpc) is 2.56. The van der Waals surface area contributed by atoms with Crippen LogP contribution in [0.25, 0.3) is 0 Å². The predicted molar refractivity (Wildman–Crippen MR) is 93.7 cm³/mol. The Morgan fingerprint density at radius 2 is 1.92 bits per heavy atom. The van der Waals surface area contributed by atoms with Gasteiger partial charge in [0.05, 0.1) is 10.5 Å². The summed E-state index contributed by atoms with van der Waals surface area (Å²) in [5.41, 5.74) is 0.722. The van der Waals surface area contributed by atoms with Crippen molar-refractivity contribution < 1.29 is 13.2 Å². The molecule has 0 fully saturated rings. The van der Waals surface area contributed by atoms with Gasteiger partial charge in [0, 0.05) is 25.0 Å². The lowest BCUT2D eigenvalue weighted by atomic mass is 10.2. The van der Waals surface area contributed by atoms with E-state index in [1.165, 1.54) is 28.7 Å². The zero-order chi connectivity index (χ0) is 17.7. The topological polar surface area (TPSA) is 79.4 Å². The standard InChI is InChI=1S/C16H18ClN3O3S/c1-3-20(4-2)24(22,23)14-7-5-6-13(10-14)19-16(21)12-8-9-15(17)18-11-12/h5-11H,3-4H2,1-2H3,(H,19,21). The number of pyridine rings is 1. The lowest BCUT2D eigenvalue weighted by Gasteiger charge is -2.18. The molecule has 24 heavy (non-hydrogen) atoms. The van der Waals surface area contributed by atoms with Gasteiger partial charge in [-0.3, -0.25) is 4.79 Å². The van der Waals surface area contributed by atoms with Crippen LogP contribution in [-0.4, -0.2) is 36.7 Å². The first-order valence-electron chi connectivity index (χ1n) is 7.41. The number of aromatic nitrogens is 1. The third-order valence-corrected chi connectivity index (χ3v) is 5.69. The van der Waals surface area contributed by atoms with Gasteiger partial charge in [-0.25, -0.2) is 13.4 Å². The summed E-state index contributed by atoms with van der Waals surface area (Å²) in [7, 11) is -3.58. The number of benzene rings is 1. The summed E-state index contributed by atoms with van der Waals surface area (Å²) in [5, 5.41) is 2.95. The van der Waals surface area contributed by atoms with E-state index in [2.05, 4.69) is 10.3 Å². The smallest absolute Gasteiger partial charge is 0.257 e. The van der Waals surface area contributed by atoms with Crippen LogP contribution < -0.4 is 5.32 Å². The summed E-state index contributed by atoms with van der Waals surface area (Å²) in [6.07, 6.45) is 1.36. The van der Waals surface area contributed by atoms with Gasteiger partial charge in [-0.1, -0.05) is 31.5 Å². The first kappa shape index (κ1) is 18.4. The number of hydrogen-bond acceptors (Lipinski definition) is 4. The molecule has 0 bridgehead atoms. The highest BCUT2D eigenvalue weighted by molar-refractivity contribution is 7.89. The van der Waals surface area contributed by atoms with Crippen molar-refractivity contribution in [1.82, 2.24) is 9.29 Å². The Balaban J connectivity index is 2.24. The number of rotatable bonds is 6. The molecule has 8 heteroatoms. The molecule has 1 N–H and O–H groups in total. The van der Waals surface area contributed by atoms with E-state index in [4.69, 9.17) is 11.6 Å². The van der Waals surface area contributed by atoms with Crippen molar-refractivity contribution in [2.75, 3.05) is 18.4 Å². The van der Waals surface area contributed by atoms with Gasteiger partial charge in [0.25, 0.3) is 5.91 Å². The highest BCUT2D eigenvalue weighted by Crippen LogP contribution is 2.20. The molecule has 0 aliphatic carbocycles. The molecule has 6 nitrogen and oxygen atoms in total. The van der Waals surface area contributed by atoms with E-state index in [1.54, 1.807) is 32.0 Å². The van der Waals surface area contributed by atoms with Gasteiger partial charge in [0.15, 0.2) is 0 Å². The van der Waals surface area contributed by atoms with E-state index >= 15 is 0 Å². The number of carbonyl (C=O) groups excluding carboxylic acids is 1. The summed E-state index contributed by atoms with van der Waals surface area (Å²) in [4.78, 5) is 16.2. The van der Waals surface area contributed by atoms with Crippen LogP contribution >= 0.6 is 11.6 Å². The zero-order valence-electron chi connectivity index (χ0n) is 13.4. The molecule has 0 radical (unpaired) electrons. The summed E-state index contributed by atoms with van der Waals surface area (Å²) in [5.74, 6) is -0.392. The van der Waals surface area contributed by atoms with Crippen molar-refractivity contribution in [2.24, 2.45) is 0 Å². The van der Waals surface area contributed by atoms with Gasteiger partial charge in [-0.05, 0) is 30.3 Å². The molecule has 0 aliphatic rings. The number of anilines is 1. The van der Waals surface area contributed by atoms with Crippen LogP contribution in [0.2, 0.25) is 5.15 Å². The fourth-order valence-electron chi connectivity index (χ4n) is 2.16. The van der Waals surface area contributed by atoms with E-state index < -0.39 is 15.9 Å². The fourth-order valence-corrected chi connectivity index (χ4v) is 3.78. The second kappa shape index (κ2) is 7.74. The quantitative estimate of drug-likeness (QED) is 0.796. The van der Waals surface area contributed by atoms with E-state index in [0.29, 0.717) is 29.5 Å². The molecule has 0 atom stereocenters. The number of nitrogens with zero attached hydrogens (tertiary/aromatic N) is 2. The number of hydrogen-bond donors (Lipinski definition) is 1. The van der Waals surface area contributed by atoms with Gasteiger partial charge in [0.1, 0.15) is 5.15 Å². The summed E-state index contributed by atoms with van der Waals surface area (Å²) >= 11 is 5.69. The van der Waals surface area contributed by atoms with E-state index in [1.807, 2.05) is 0 Å². The van der Waals surface area contributed by atoms with Gasteiger partial charge in [-0.15, -0.1) is 0 Å². The molecule has 1 aromatic heterocycles. The predicted octanol–water partition coefficient (Wildman–Crippen LogP) is 3.02. The molecular weight excluding hydrogens is 350 g/mol. The van der Waals surface area contributed by atoms with Crippen molar-refractivity contribution in [3.63, 3.8) is 0 Å². The largest absolute Gasteiger partial charge is 0.322 e. The Bertz CT molecular complexity index is 819. The zero-order valence-corrected chi connectivity index (χ0v) is 14.9. The average molecular weight is 368 g/mol. The van der Waals surface area contributed by atoms with Crippen LogP contribution in [0.1, 0.15) is 24.2 Å². The maximum Gasteiger partial charge on any atom is 0.257 e. The van der Waals surface area contributed by atoms with Gasteiger partial charge in [0.2, 0.25) is 10.0 Å². The first-order chi connectivity index (χ1) is 11.4. The summed E-state index contributed by atoms with van der Waals surface area (Å²) in [6, 6.07) is 9.22. The lowest BCUT2D eigenvalue weighted by Crippen LogP contribution is -2.30.